The van der Waals surface area contributed by atoms with Crippen molar-refractivity contribution in [3.05, 3.63) is 132 Å². The lowest BCUT2D eigenvalue weighted by molar-refractivity contribution is -0.143. The summed E-state index contributed by atoms with van der Waals surface area (Å²) in [5.74, 6) is 0.256. The van der Waals surface area contributed by atoms with E-state index in [4.69, 9.17) is 24.5 Å². The Morgan fingerprint density at radius 3 is 1.87 bits per heavy atom. The second kappa shape index (κ2) is 17.6. The zero-order chi connectivity index (χ0) is 37.2. The molecule has 10 nitrogen and oxygen atoms in total. The molecule has 2 N–H and O–H groups in total. The molecular weight excluding hydrogens is 665 g/mol. The Bertz CT molecular complexity index is 2000. The number of aromatic nitrogens is 1. The van der Waals surface area contributed by atoms with Crippen molar-refractivity contribution >= 4 is 40.2 Å². The van der Waals surface area contributed by atoms with Gasteiger partial charge in [0.25, 0.3) is 0 Å². The van der Waals surface area contributed by atoms with Crippen molar-refractivity contribution < 1.29 is 19.1 Å². The minimum atomic E-state index is -0.304. The van der Waals surface area contributed by atoms with Crippen LogP contribution in [0.15, 0.2) is 135 Å². The molecule has 5 aliphatic heterocycles. The van der Waals surface area contributed by atoms with Gasteiger partial charge in [0.2, 0.25) is 0 Å². The van der Waals surface area contributed by atoms with Crippen molar-refractivity contribution in [3.8, 4) is 0 Å². The predicted octanol–water partition coefficient (Wildman–Crippen LogP) is 8.33. The Morgan fingerprint density at radius 2 is 1.26 bits per heavy atom. The van der Waals surface area contributed by atoms with E-state index in [1.54, 1.807) is 12.2 Å². The molecule has 1 aromatic rings. The topological polar surface area (TPSA) is 121 Å². The van der Waals surface area contributed by atoms with Gasteiger partial charge in [-0.25, -0.2) is 15.0 Å². The van der Waals surface area contributed by atoms with E-state index >= 15 is 0 Å². The SMILES string of the molecule is C=CCOC(=O)CCC1=C2C=CC(=N2)/C(=C2\NC=CN2C)c2ccc([nH]2)C(CCC(=O)OCC=C)=C2C=CC(=N2)C(CCCCCCC)=C2C=CC1=N2. The third-order valence-electron chi connectivity index (χ3n) is 9.52. The Balaban J connectivity index is 1.51. The number of fused-ring (bicyclic) bond motifs is 5. The van der Waals surface area contributed by atoms with E-state index in [0.29, 0.717) is 12.8 Å². The van der Waals surface area contributed by atoms with E-state index in [0.717, 1.165) is 93.0 Å². The molecule has 6 heterocycles. The number of unbranched alkanes of at least 4 members (excludes halogenated alkanes) is 4. The summed E-state index contributed by atoms with van der Waals surface area (Å²) in [5, 5.41) is 3.39. The maximum atomic E-state index is 12.7. The number of hydrogen-bond acceptors (Lipinski definition) is 9. The number of H-pyrrole nitrogens is 1. The summed E-state index contributed by atoms with van der Waals surface area (Å²) in [6.45, 7) is 9.89. The second-order valence-corrected chi connectivity index (χ2v) is 13.3. The zero-order valence-corrected chi connectivity index (χ0v) is 30.7. The normalized spacial score (nSPS) is 18.5. The first kappa shape index (κ1) is 37.0. The molecule has 0 fully saturated rings. The first-order valence-electron chi connectivity index (χ1n) is 18.5. The standard InChI is InChI=1S/C43H48N6O4/c1-5-8-9-10-11-12-29-32-15-17-34(45-32)30(13-23-40(50)52-27-6-2)36-19-21-38(47-36)42(43-44-25-26-49(43)4)39-22-20-37(48-39)31(35-18-16-33(29)46-35)14-24-41(51)53-28-7-3/h6-7,15-22,25-26,44,47H,2-3,5,8-14,23-24,27-28H2,1,4H3/b33-29?,34-30?,37-31?,43-42+. The summed E-state index contributed by atoms with van der Waals surface area (Å²) in [7, 11) is 1.98. The largest absolute Gasteiger partial charge is 0.461 e. The molecule has 6 rings (SSSR count). The van der Waals surface area contributed by atoms with Gasteiger partial charge in [0.15, 0.2) is 0 Å². The van der Waals surface area contributed by atoms with Crippen molar-refractivity contribution in [2.75, 3.05) is 20.3 Å². The van der Waals surface area contributed by atoms with Crippen molar-refractivity contribution in [3.63, 3.8) is 0 Å². The van der Waals surface area contributed by atoms with Gasteiger partial charge in [-0.1, -0.05) is 57.9 Å². The average molecular weight is 713 g/mol. The molecule has 1 aromatic heterocycles. The quantitative estimate of drug-likeness (QED) is 0.101. The van der Waals surface area contributed by atoms with Crippen molar-refractivity contribution in [1.29, 1.82) is 0 Å². The fourth-order valence-electron chi connectivity index (χ4n) is 6.81. The van der Waals surface area contributed by atoms with E-state index in [2.05, 4.69) is 42.5 Å². The summed E-state index contributed by atoms with van der Waals surface area (Å²) in [5.41, 5.74) is 10.2. The molecule has 0 spiro atoms. The highest BCUT2D eigenvalue weighted by Gasteiger charge is 2.27. The molecule has 0 atom stereocenters. The highest BCUT2D eigenvalue weighted by molar-refractivity contribution is 6.31. The monoisotopic (exact) mass is 712 g/mol. The van der Waals surface area contributed by atoms with E-state index in [1.165, 1.54) is 19.3 Å². The van der Waals surface area contributed by atoms with Crippen LogP contribution in [0.25, 0.3) is 11.1 Å². The molecule has 0 aromatic carbocycles. The maximum absolute atomic E-state index is 12.7. The molecule has 10 heteroatoms. The van der Waals surface area contributed by atoms with Crippen LogP contribution < -0.4 is 5.32 Å². The predicted molar refractivity (Wildman–Crippen MR) is 213 cm³/mol. The van der Waals surface area contributed by atoms with Gasteiger partial charge in [-0.15, -0.1) is 0 Å². The lowest BCUT2D eigenvalue weighted by atomic mass is 10.00. The highest BCUT2D eigenvalue weighted by atomic mass is 16.5. The summed E-state index contributed by atoms with van der Waals surface area (Å²) < 4.78 is 10.7. The minimum Gasteiger partial charge on any atom is -0.461 e. The van der Waals surface area contributed by atoms with E-state index < -0.39 is 0 Å². The molecule has 5 aliphatic rings. The van der Waals surface area contributed by atoms with Crippen LogP contribution in [0.4, 0.5) is 0 Å². The lowest BCUT2D eigenvalue weighted by Crippen LogP contribution is -2.19. The number of nitrogens with one attached hydrogen (secondary N) is 2. The van der Waals surface area contributed by atoms with Crippen LogP contribution in [0.1, 0.15) is 82.5 Å². The number of aromatic amines is 1. The second-order valence-electron chi connectivity index (χ2n) is 13.3. The summed E-state index contributed by atoms with van der Waals surface area (Å²) in [4.78, 5) is 46.7. The number of esters is 2. The number of carbonyl (C=O) groups is 2. The van der Waals surface area contributed by atoms with Crippen molar-refractivity contribution in [2.45, 2.75) is 71.1 Å². The molecule has 0 saturated carbocycles. The molecule has 0 amide bonds. The Hall–Kier alpha value is -5.77. The maximum Gasteiger partial charge on any atom is 0.306 e. The van der Waals surface area contributed by atoms with Crippen LogP contribution in [0.5, 0.6) is 0 Å². The van der Waals surface area contributed by atoms with Gasteiger partial charge >= 0.3 is 11.9 Å². The van der Waals surface area contributed by atoms with E-state index in [9.17, 15) is 9.59 Å². The fourth-order valence-corrected chi connectivity index (χ4v) is 6.81. The van der Waals surface area contributed by atoms with Gasteiger partial charge in [-0.05, 0) is 74.3 Å². The Labute approximate surface area is 311 Å². The molecule has 0 saturated heterocycles. The highest BCUT2D eigenvalue weighted by Crippen LogP contribution is 2.36. The molecular formula is C43H48N6O4. The molecule has 0 radical (unpaired) electrons. The summed E-state index contributed by atoms with van der Waals surface area (Å²) in [6.07, 6.45) is 26.9. The van der Waals surface area contributed by atoms with Crippen LogP contribution >= 0.6 is 0 Å². The number of hydrogen-bond donors (Lipinski definition) is 2. The van der Waals surface area contributed by atoms with Gasteiger partial charge in [-0.3, -0.25) is 9.59 Å². The van der Waals surface area contributed by atoms with E-state index in [1.807, 2.05) is 60.8 Å². The number of ether oxygens (including phenoxy) is 2. The molecule has 8 bridgehead atoms. The number of carbonyl (C=O) groups excluding carboxylic acids is 2. The lowest BCUT2D eigenvalue weighted by Gasteiger charge is -2.17. The minimum absolute atomic E-state index is 0.166. The fraction of sp³-hybridized carbons (Fsp3) is 0.326. The van der Waals surface area contributed by atoms with Crippen LogP contribution in [-0.4, -0.2) is 59.2 Å². The van der Waals surface area contributed by atoms with Crippen LogP contribution in [0.3, 0.4) is 0 Å². The number of nitrogens with zero attached hydrogens (tertiary/aromatic N) is 4. The Morgan fingerprint density at radius 1 is 0.717 bits per heavy atom. The van der Waals surface area contributed by atoms with E-state index in [-0.39, 0.29) is 38.0 Å². The van der Waals surface area contributed by atoms with Crippen molar-refractivity contribution in [2.24, 2.45) is 15.0 Å². The Kier molecular flexibility index (Phi) is 12.3. The van der Waals surface area contributed by atoms with Crippen LogP contribution in [0.2, 0.25) is 0 Å². The van der Waals surface area contributed by atoms with Crippen molar-refractivity contribution in [1.82, 2.24) is 15.2 Å². The van der Waals surface area contributed by atoms with Gasteiger partial charge in [0.1, 0.15) is 19.0 Å². The first-order valence-corrected chi connectivity index (χ1v) is 18.5. The summed E-state index contributed by atoms with van der Waals surface area (Å²) >= 11 is 0. The smallest absolute Gasteiger partial charge is 0.306 e. The average Bonchev–Trinajstić information content (AvgIpc) is 4.01. The molecule has 0 unspecified atom stereocenters. The van der Waals surface area contributed by atoms with Gasteiger partial charge in [-0.2, -0.15) is 0 Å². The number of allylic oxidation sites excluding steroid dienone is 10. The summed E-state index contributed by atoms with van der Waals surface area (Å²) in [6, 6.07) is 4.07. The van der Waals surface area contributed by atoms with Gasteiger partial charge in [0, 0.05) is 54.7 Å². The van der Waals surface area contributed by atoms with Crippen LogP contribution in [0, 0.1) is 0 Å². The van der Waals surface area contributed by atoms with Crippen LogP contribution in [-0.2, 0) is 19.1 Å². The molecule has 0 aliphatic carbocycles. The zero-order valence-electron chi connectivity index (χ0n) is 30.7. The first-order chi connectivity index (χ1) is 25.9. The van der Waals surface area contributed by atoms with Gasteiger partial charge < -0.3 is 24.7 Å². The molecule has 274 valence electrons. The van der Waals surface area contributed by atoms with Gasteiger partial charge in [0.05, 0.1) is 45.5 Å². The number of aliphatic imine (C=N–C) groups is 3. The third kappa shape index (κ3) is 8.83. The molecule has 53 heavy (non-hydrogen) atoms. The number of rotatable bonds is 16. The third-order valence-corrected chi connectivity index (χ3v) is 9.52.